The van der Waals surface area contributed by atoms with Crippen molar-refractivity contribution in [2.75, 3.05) is 13.7 Å². The Morgan fingerprint density at radius 2 is 1.85 bits per heavy atom. The van der Waals surface area contributed by atoms with Gasteiger partial charge in [0.1, 0.15) is 5.78 Å². The standard InChI is InChI=1S/C28H32N2O3/c1-17(31)26-20-13-25-27-21(19-11-7-8-12-23(19)29(27)2)14-24(22(20)16-33-28(26)32-3)30(25)15-18-9-5-4-6-10-18/h4-12,20,22,24-26,28H,13-16H2,1-3H3/t20-,22-,24+,25+,26-,28+/m1/s1. The highest BCUT2D eigenvalue weighted by Crippen LogP contribution is 2.53. The monoisotopic (exact) mass is 444 g/mol. The molecule has 3 aliphatic rings. The Kier molecular flexibility index (Phi) is 5.17. The Labute approximate surface area is 195 Å². The molecule has 6 rings (SSSR count). The molecule has 2 aromatic carbocycles. The van der Waals surface area contributed by atoms with E-state index in [0.29, 0.717) is 18.6 Å². The number of ketones is 1. The molecule has 0 saturated carbocycles. The molecule has 0 unspecified atom stereocenters. The van der Waals surface area contributed by atoms with E-state index < -0.39 is 6.29 Å². The molecule has 0 amide bonds. The van der Waals surface area contributed by atoms with Gasteiger partial charge in [-0.2, -0.15) is 0 Å². The first kappa shape index (κ1) is 21.1. The largest absolute Gasteiger partial charge is 0.355 e. The van der Waals surface area contributed by atoms with Crippen LogP contribution in [0.4, 0.5) is 0 Å². The Bertz CT molecular complexity index is 1190. The van der Waals surface area contributed by atoms with Crippen LogP contribution < -0.4 is 0 Å². The zero-order valence-electron chi connectivity index (χ0n) is 19.6. The lowest BCUT2D eigenvalue weighted by Gasteiger charge is -2.57. The molecule has 2 saturated heterocycles. The maximum Gasteiger partial charge on any atom is 0.167 e. The summed E-state index contributed by atoms with van der Waals surface area (Å²) in [6.45, 7) is 3.27. The van der Waals surface area contributed by atoms with Gasteiger partial charge in [0.2, 0.25) is 0 Å². The lowest BCUT2D eigenvalue weighted by atomic mass is 9.64. The Hall–Kier alpha value is -2.47. The molecule has 5 nitrogen and oxygen atoms in total. The number of nitrogens with zero attached hydrogens (tertiary/aromatic N) is 2. The van der Waals surface area contributed by atoms with E-state index in [9.17, 15) is 4.79 Å². The third-order valence-electron chi connectivity index (χ3n) is 8.47. The zero-order chi connectivity index (χ0) is 22.7. The number of carbonyl (C=O) groups excluding carboxylic acids is 1. The minimum atomic E-state index is -0.433. The smallest absolute Gasteiger partial charge is 0.167 e. The summed E-state index contributed by atoms with van der Waals surface area (Å²) in [7, 11) is 3.87. The second-order valence-corrected chi connectivity index (χ2v) is 10.0. The zero-order valence-corrected chi connectivity index (χ0v) is 19.6. The molecule has 4 heterocycles. The van der Waals surface area contributed by atoms with Gasteiger partial charge in [0.05, 0.1) is 18.6 Å². The van der Waals surface area contributed by atoms with Gasteiger partial charge in [0, 0.05) is 49.3 Å². The van der Waals surface area contributed by atoms with Crippen LogP contribution in [0.1, 0.15) is 36.2 Å². The van der Waals surface area contributed by atoms with Crippen molar-refractivity contribution in [2.45, 2.75) is 44.7 Å². The summed E-state index contributed by atoms with van der Waals surface area (Å²) in [6.07, 6.45) is 1.52. The van der Waals surface area contributed by atoms with Gasteiger partial charge in [-0.3, -0.25) is 9.69 Å². The molecular weight excluding hydrogens is 412 g/mol. The first-order chi connectivity index (χ1) is 16.1. The third kappa shape index (κ3) is 3.21. The van der Waals surface area contributed by atoms with Crippen LogP contribution in [0.15, 0.2) is 54.6 Å². The Balaban J connectivity index is 1.49. The van der Waals surface area contributed by atoms with Crippen molar-refractivity contribution in [1.29, 1.82) is 0 Å². The average molecular weight is 445 g/mol. The average Bonchev–Trinajstić information content (AvgIpc) is 3.11. The van der Waals surface area contributed by atoms with Crippen molar-refractivity contribution in [3.63, 3.8) is 0 Å². The summed E-state index contributed by atoms with van der Waals surface area (Å²) in [4.78, 5) is 15.5. The number of aryl methyl sites for hydroxylation is 1. The first-order valence-electron chi connectivity index (χ1n) is 12.1. The van der Waals surface area contributed by atoms with Gasteiger partial charge < -0.3 is 14.0 Å². The summed E-state index contributed by atoms with van der Waals surface area (Å²) < 4.78 is 14.2. The van der Waals surface area contributed by atoms with E-state index in [2.05, 4.69) is 71.1 Å². The van der Waals surface area contributed by atoms with Crippen molar-refractivity contribution >= 4 is 16.7 Å². The number of methoxy groups -OCH3 is 1. The Morgan fingerprint density at radius 1 is 1.09 bits per heavy atom. The third-order valence-corrected chi connectivity index (χ3v) is 8.47. The van der Waals surface area contributed by atoms with Gasteiger partial charge >= 0.3 is 0 Å². The minimum absolute atomic E-state index is 0.184. The number of para-hydroxylation sites is 1. The molecule has 3 aliphatic heterocycles. The van der Waals surface area contributed by atoms with Gasteiger partial charge in [-0.1, -0.05) is 48.5 Å². The molecule has 0 spiro atoms. The normalized spacial score (nSPS) is 31.2. The molecule has 3 aromatic rings. The van der Waals surface area contributed by atoms with Crippen LogP contribution in [0.25, 0.3) is 10.9 Å². The van der Waals surface area contributed by atoms with Gasteiger partial charge in [-0.25, -0.2) is 0 Å². The molecule has 172 valence electrons. The second kappa shape index (κ2) is 8.08. The number of hydrogen-bond donors (Lipinski definition) is 0. The number of benzene rings is 2. The molecule has 2 fully saturated rings. The van der Waals surface area contributed by atoms with E-state index in [-0.39, 0.29) is 23.7 Å². The van der Waals surface area contributed by atoms with E-state index in [1.54, 1.807) is 14.0 Å². The summed E-state index contributed by atoms with van der Waals surface area (Å²) in [6, 6.07) is 20.2. The number of piperidine rings is 1. The molecule has 0 aliphatic carbocycles. The van der Waals surface area contributed by atoms with Crippen LogP contribution >= 0.6 is 0 Å². The van der Waals surface area contributed by atoms with Gasteiger partial charge in [-0.15, -0.1) is 0 Å². The van der Waals surface area contributed by atoms with E-state index in [1.165, 1.54) is 27.7 Å². The molecule has 0 N–H and O–H groups in total. The van der Waals surface area contributed by atoms with Gasteiger partial charge in [0.15, 0.2) is 6.29 Å². The number of fused-ring (bicyclic) bond motifs is 8. The maximum atomic E-state index is 12.8. The van der Waals surface area contributed by atoms with Crippen LogP contribution in [0.3, 0.4) is 0 Å². The molecule has 1 aromatic heterocycles. The molecule has 5 heteroatoms. The van der Waals surface area contributed by atoms with Crippen LogP contribution in [-0.4, -0.2) is 41.3 Å². The van der Waals surface area contributed by atoms with E-state index in [4.69, 9.17) is 9.47 Å². The predicted molar refractivity (Wildman–Crippen MR) is 128 cm³/mol. The van der Waals surface area contributed by atoms with Crippen molar-refractivity contribution in [3.05, 3.63) is 71.4 Å². The van der Waals surface area contributed by atoms with Crippen LogP contribution in [0.2, 0.25) is 0 Å². The molecule has 6 atom stereocenters. The second-order valence-electron chi connectivity index (χ2n) is 10.0. The fourth-order valence-corrected chi connectivity index (χ4v) is 7.10. The summed E-state index contributed by atoms with van der Waals surface area (Å²) in [5.41, 5.74) is 5.54. The van der Waals surface area contributed by atoms with E-state index >= 15 is 0 Å². The van der Waals surface area contributed by atoms with Crippen LogP contribution in [-0.2, 0) is 34.3 Å². The summed E-state index contributed by atoms with van der Waals surface area (Å²) in [5, 5.41) is 1.37. The van der Waals surface area contributed by atoms with Crippen molar-refractivity contribution < 1.29 is 14.3 Å². The molecule has 2 bridgehead atoms. The van der Waals surface area contributed by atoms with Crippen LogP contribution in [0, 0.1) is 17.8 Å². The fraction of sp³-hybridized carbons (Fsp3) is 0.464. The molecule has 33 heavy (non-hydrogen) atoms. The lowest BCUT2D eigenvalue weighted by Crippen LogP contribution is -2.61. The quantitative estimate of drug-likeness (QED) is 0.595. The number of aromatic nitrogens is 1. The molecular formula is C28H32N2O3. The maximum absolute atomic E-state index is 12.8. The number of Topliss-reactive ketones (excluding diaryl/α,β-unsaturated/α-hetero) is 1. The van der Waals surface area contributed by atoms with Crippen LogP contribution in [0.5, 0.6) is 0 Å². The van der Waals surface area contributed by atoms with E-state index in [0.717, 1.165) is 19.4 Å². The van der Waals surface area contributed by atoms with Crippen molar-refractivity contribution in [3.8, 4) is 0 Å². The minimum Gasteiger partial charge on any atom is -0.355 e. The summed E-state index contributed by atoms with van der Waals surface area (Å²) in [5.74, 6) is 0.573. The van der Waals surface area contributed by atoms with Gasteiger partial charge in [0.25, 0.3) is 0 Å². The molecule has 0 radical (unpaired) electrons. The highest BCUT2D eigenvalue weighted by molar-refractivity contribution is 5.86. The lowest BCUT2D eigenvalue weighted by molar-refractivity contribution is -0.232. The number of rotatable bonds is 4. The summed E-state index contributed by atoms with van der Waals surface area (Å²) >= 11 is 0. The Morgan fingerprint density at radius 3 is 2.61 bits per heavy atom. The van der Waals surface area contributed by atoms with Gasteiger partial charge in [-0.05, 0) is 42.9 Å². The highest BCUT2D eigenvalue weighted by atomic mass is 16.7. The number of ether oxygens (including phenoxy) is 2. The fourth-order valence-electron chi connectivity index (χ4n) is 7.10. The number of carbonyl (C=O) groups is 1. The van der Waals surface area contributed by atoms with Crippen molar-refractivity contribution in [1.82, 2.24) is 9.47 Å². The topological polar surface area (TPSA) is 43.7 Å². The predicted octanol–water partition coefficient (Wildman–Crippen LogP) is 4.49. The SMILES string of the molecule is CO[C@H]1OC[C@@H]2[C@@H](C[C@H]3c4c(c5ccccc5n4C)C[C@@H]2N3Cc2ccccc2)[C@H]1C(C)=O. The first-order valence-corrected chi connectivity index (χ1v) is 12.1. The number of hydrogen-bond acceptors (Lipinski definition) is 4. The highest BCUT2D eigenvalue weighted by Gasteiger charge is 2.55. The van der Waals surface area contributed by atoms with Crippen molar-refractivity contribution in [2.24, 2.45) is 24.8 Å². The van der Waals surface area contributed by atoms with E-state index in [1.807, 2.05) is 0 Å².